The summed E-state index contributed by atoms with van der Waals surface area (Å²) in [5.41, 5.74) is 1.97. The third-order valence-corrected chi connectivity index (χ3v) is 8.02. The van der Waals surface area contributed by atoms with Crippen LogP contribution in [0.2, 0.25) is 0 Å². The van der Waals surface area contributed by atoms with Crippen LogP contribution in [0.5, 0.6) is 0 Å². The smallest absolute Gasteiger partial charge is 0.465 e. The summed E-state index contributed by atoms with van der Waals surface area (Å²) in [4.78, 5) is 41.0. The first-order valence-electron chi connectivity index (χ1n) is 14.6. The molecule has 1 saturated carbocycles. The number of carbonyl (C=O) groups excluding carboxylic acids is 3. The highest BCUT2D eigenvalue weighted by atomic mass is 16.7. The number of ether oxygens (including phenoxy) is 3. The van der Waals surface area contributed by atoms with Crippen molar-refractivity contribution in [1.82, 2.24) is 10.2 Å². The van der Waals surface area contributed by atoms with Gasteiger partial charge in [0.05, 0.1) is 12.6 Å². The molecule has 2 aromatic rings. The van der Waals surface area contributed by atoms with Gasteiger partial charge in [0.1, 0.15) is 12.6 Å². The van der Waals surface area contributed by atoms with Crippen molar-refractivity contribution in [2.45, 2.75) is 83.7 Å². The quantitative estimate of drug-likeness (QED) is 0.382. The summed E-state index contributed by atoms with van der Waals surface area (Å²) in [6, 6.07) is 18.0. The van der Waals surface area contributed by atoms with E-state index in [1.807, 2.05) is 60.7 Å². The zero-order valence-corrected chi connectivity index (χ0v) is 23.6. The van der Waals surface area contributed by atoms with Crippen molar-refractivity contribution in [2.24, 2.45) is 11.8 Å². The first-order valence-corrected chi connectivity index (χ1v) is 14.6. The second-order valence-electron chi connectivity index (χ2n) is 10.8. The molecule has 1 N–H and O–H groups in total. The summed E-state index contributed by atoms with van der Waals surface area (Å²) in [5.74, 6) is 0.218. The molecule has 0 unspecified atom stereocenters. The second kappa shape index (κ2) is 14.8. The summed E-state index contributed by atoms with van der Waals surface area (Å²) < 4.78 is 16.5. The molecule has 1 saturated heterocycles. The Bertz CT molecular complexity index is 1100. The van der Waals surface area contributed by atoms with Gasteiger partial charge in [-0.05, 0) is 62.5 Å². The van der Waals surface area contributed by atoms with Crippen LogP contribution in [0.15, 0.2) is 60.7 Å². The lowest BCUT2D eigenvalue weighted by atomic mass is 9.74. The average molecular weight is 551 g/mol. The van der Waals surface area contributed by atoms with Crippen molar-refractivity contribution in [3.63, 3.8) is 0 Å². The second-order valence-corrected chi connectivity index (χ2v) is 10.8. The van der Waals surface area contributed by atoms with Crippen molar-refractivity contribution in [2.75, 3.05) is 13.2 Å². The Balaban J connectivity index is 1.42. The molecule has 8 nitrogen and oxygen atoms in total. The lowest BCUT2D eigenvalue weighted by Crippen LogP contribution is -2.58. The monoisotopic (exact) mass is 550 g/mol. The van der Waals surface area contributed by atoms with Gasteiger partial charge in [0.15, 0.2) is 6.23 Å². The molecule has 40 heavy (non-hydrogen) atoms. The first-order chi connectivity index (χ1) is 19.4. The van der Waals surface area contributed by atoms with E-state index in [0.717, 1.165) is 36.8 Å². The minimum Gasteiger partial charge on any atom is -0.465 e. The maximum atomic E-state index is 13.8. The van der Waals surface area contributed by atoms with E-state index < -0.39 is 24.5 Å². The number of piperidine rings is 1. The number of hydrogen-bond donors (Lipinski definition) is 1. The average Bonchev–Trinajstić information content (AvgIpc) is 2.98. The first kappa shape index (κ1) is 29.6. The Labute approximate surface area is 237 Å². The molecule has 0 bridgehead atoms. The number of benzene rings is 2. The summed E-state index contributed by atoms with van der Waals surface area (Å²) in [5, 5.41) is 3.22. The zero-order valence-electron chi connectivity index (χ0n) is 23.6. The molecule has 2 aromatic carbocycles. The highest BCUT2D eigenvalue weighted by molar-refractivity contribution is 5.83. The number of carbonyl (C=O) groups is 3. The Morgan fingerprint density at radius 3 is 2.25 bits per heavy atom. The third-order valence-electron chi connectivity index (χ3n) is 8.02. The van der Waals surface area contributed by atoms with Gasteiger partial charge in [-0.2, -0.15) is 0 Å². The highest BCUT2D eigenvalue weighted by Crippen LogP contribution is 2.39. The molecule has 8 heteroatoms. The molecule has 2 aliphatic rings. The van der Waals surface area contributed by atoms with Gasteiger partial charge >= 0.3 is 12.1 Å². The van der Waals surface area contributed by atoms with Gasteiger partial charge < -0.3 is 19.1 Å². The zero-order chi connectivity index (χ0) is 28.3. The molecule has 2 fully saturated rings. The van der Waals surface area contributed by atoms with Crippen LogP contribution >= 0.6 is 0 Å². The van der Waals surface area contributed by atoms with E-state index in [9.17, 15) is 14.4 Å². The van der Waals surface area contributed by atoms with E-state index in [4.69, 9.17) is 14.2 Å². The molecule has 0 spiro atoms. The van der Waals surface area contributed by atoms with Gasteiger partial charge in [-0.1, -0.05) is 73.5 Å². The van der Waals surface area contributed by atoms with Crippen molar-refractivity contribution in [1.29, 1.82) is 0 Å². The van der Waals surface area contributed by atoms with Crippen molar-refractivity contribution < 1.29 is 28.6 Å². The number of likely N-dealkylation sites (tertiary alicyclic amines) is 1. The molecular weight excluding hydrogens is 508 g/mol. The molecule has 216 valence electrons. The Kier molecular flexibility index (Phi) is 11.0. The number of aryl methyl sites for hydroxylation is 1. The van der Waals surface area contributed by atoms with Gasteiger partial charge in [-0.25, -0.2) is 4.79 Å². The summed E-state index contributed by atoms with van der Waals surface area (Å²) in [7, 11) is 0. The van der Waals surface area contributed by atoms with Crippen molar-refractivity contribution >= 4 is 18.0 Å². The van der Waals surface area contributed by atoms with E-state index >= 15 is 0 Å². The van der Waals surface area contributed by atoms with E-state index in [1.54, 1.807) is 18.7 Å². The fourth-order valence-corrected chi connectivity index (χ4v) is 5.89. The van der Waals surface area contributed by atoms with Crippen LogP contribution in [0.25, 0.3) is 0 Å². The number of rotatable bonds is 11. The molecular formula is C32H42N2O6. The Morgan fingerprint density at radius 1 is 0.925 bits per heavy atom. The van der Waals surface area contributed by atoms with Crippen LogP contribution in [0.1, 0.15) is 63.5 Å². The topological polar surface area (TPSA) is 94.2 Å². The number of esters is 1. The van der Waals surface area contributed by atoms with E-state index in [1.165, 1.54) is 0 Å². The van der Waals surface area contributed by atoms with Crippen LogP contribution in [0, 0.1) is 11.8 Å². The van der Waals surface area contributed by atoms with Crippen LogP contribution in [-0.4, -0.2) is 54.4 Å². The normalized spacial score (nSPS) is 21.9. The SMILES string of the molecule is CCOC(=O)[C@H](CCc1ccccc1)N[C@@H](C)C(=O)N1C[C@H]2CCCC[C@H]2C[C@@H]1OC(=O)OCc1ccccc1. The van der Waals surface area contributed by atoms with Crippen molar-refractivity contribution in [3.05, 3.63) is 71.8 Å². The maximum Gasteiger partial charge on any atom is 0.510 e. The predicted octanol–water partition coefficient (Wildman–Crippen LogP) is 5.25. The summed E-state index contributed by atoms with van der Waals surface area (Å²) in [6.07, 6.45) is 4.71. The standard InChI is InChI=1S/C32H42N2O6/c1-3-38-31(36)28(19-18-24-12-6-4-7-13-24)33-23(2)30(35)34-21-27-17-11-10-16-26(27)20-29(34)40-32(37)39-22-25-14-8-5-9-15-25/h4-9,12-15,23,26-29,33H,3,10-11,16-22H2,1-2H3/t23-,26-,27+,28-,29-/m0/s1. The van der Waals surface area contributed by atoms with Gasteiger partial charge in [-0.3, -0.25) is 14.9 Å². The van der Waals surface area contributed by atoms with Crippen LogP contribution in [0.4, 0.5) is 4.79 Å². The van der Waals surface area contributed by atoms with Gasteiger partial charge in [0.25, 0.3) is 0 Å². The molecule has 4 rings (SSSR count). The van der Waals surface area contributed by atoms with Crippen LogP contribution in [-0.2, 0) is 36.8 Å². The third kappa shape index (κ3) is 8.31. The molecule has 1 heterocycles. The van der Waals surface area contributed by atoms with Crippen LogP contribution in [0.3, 0.4) is 0 Å². The Morgan fingerprint density at radius 2 is 1.57 bits per heavy atom. The fraction of sp³-hybridized carbons (Fsp3) is 0.531. The number of hydrogen-bond acceptors (Lipinski definition) is 7. The number of fused-ring (bicyclic) bond motifs is 1. The fourth-order valence-electron chi connectivity index (χ4n) is 5.89. The summed E-state index contributed by atoms with van der Waals surface area (Å²) in [6.45, 7) is 4.43. The predicted molar refractivity (Wildman–Crippen MR) is 151 cm³/mol. The van der Waals surface area contributed by atoms with E-state index in [-0.39, 0.29) is 25.1 Å². The lowest BCUT2D eigenvalue weighted by Gasteiger charge is -2.46. The van der Waals surface area contributed by atoms with Gasteiger partial charge in [0, 0.05) is 13.0 Å². The molecule has 1 amide bonds. The van der Waals surface area contributed by atoms with Gasteiger partial charge in [0.2, 0.25) is 5.91 Å². The van der Waals surface area contributed by atoms with E-state index in [2.05, 4.69) is 5.32 Å². The Hall–Kier alpha value is -3.39. The van der Waals surface area contributed by atoms with E-state index in [0.29, 0.717) is 37.6 Å². The van der Waals surface area contributed by atoms with Crippen molar-refractivity contribution in [3.8, 4) is 0 Å². The number of amides is 1. The number of nitrogens with zero attached hydrogens (tertiary/aromatic N) is 1. The van der Waals surface area contributed by atoms with Gasteiger partial charge in [-0.15, -0.1) is 0 Å². The van der Waals surface area contributed by atoms with Crippen LogP contribution < -0.4 is 5.32 Å². The molecule has 1 aliphatic heterocycles. The molecule has 0 radical (unpaired) electrons. The number of nitrogens with one attached hydrogen (secondary N) is 1. The molecule has 1 aliphatic carbocycles. The minimum atomic E-state index is -0.784. The summed E-state index contributed by atoms with van der Waals surface area (Å²) >= 11 is 0. The lowest BCUT2D eigenvalue weighted by molar-refractivity contribution is -0.157. The largest absolute Gasteiger partial charge is 0.510 e. The molecule has 0 aromatic heterocycles. The molecule has 5 atom stereocenters. The highest BCUT2D eigenvalue weighted by Gasteiger charge is 2.42. The maximum absolute atomic E-state index is 13.8. The minimum absolute atomic E-state index is 0.104.